The topological polar surface area (TPSA) is 33.7 Å². The first kappa shape index (κ1) is 27.1. The molecule has 4 nitrogen and oxygen atoms in total. The molecule has 0 saturated carbocycles. The third-order valence-corrected chi connectivity index (χ3v) is 5.53. The Bertz CT molecular complexity index is 640. The van der Waals surface area contributed by atoms with Gasteiger partial charge in [0.2, 0.25) is 6.41 Å². The van der Waals surface area contributed by atoms with Crippen LogP contribution in [0.2, 0.25) is 5.02 Å². The molecule has 1 aromatic carbocycles. The largest absolute Gasteiger partial charge is 0.343 e. The van der Waals surface area contributed by atoms with Crippen LogP contribution in [0.4, 0.5) is 4.39 Å². The third kappa shape index (κ3) is 9.88. The van der Waals surface area contributed by atoms with Gasteiger partial charge in [0.15, 0.2) is 0 Å². The highest BCUT2D eigenvalue weighted by Crippen LogP contribution is 2.31. The highest BCUT2D eigenvalue weighted by molar-refractivity contribution is 6.30. The number of hydrogen-bond acceptors (Lipinski definition) is 4. The van der Waals surface area contributed by atoms with Gasteiger partial charge in [0, 0.05) is 39.9 Å². The van der Waals surface area contributed by atoms with Crippen molar-refractivity contribution in [3.8, 4) is 0 Å². The van der Waals surface area contributed by atoms with Crippen LogP contribution in [-0.2, 0) is 15.9 Å². The van der Waals surface area contributed by atoms with Gasteiger partial charge in [-0.3, -0.25) is 5.32 Å². The Labute approximate surface area is 187 Å². The number of benzene rings is 1. The monoisotopic (exact) mass is 442 g/mol. The van der Waals surface area contributed by atoms with E-state index >= 15 is 0 Å². The van der Waals surface area contributed by atoms with E-state index in [1.54, 1.807) is 20.3 Å². The van der Waals surface area contributed by atoms with Crippen molar-refractivity contribution in [2.24, 2.45) is 11.3 Å². The molecule has 1 aromatic rings. The molecular formula is C24H40ClFN2O2. The van der Waals surface area contributed by atoms with Crippen molar-refractivity contribution < 1.29 is 13.9 Å². The van der Waals surface area contributed by atoms with Crippen LogP contribution in [0.5, 0.6) is 0 Å². The van der Waals surface area contributed by atoms with Crippen LogP contribution in [0, 0.1) is 17.2 Å². The predicted molar refractivity (Wildman–Crippen MR) is 124 cm³/mol. The highest BCUT2D eigenvalue weighted by Gasteiger charge is 2.28. The second-order valence-electron chi connectivity index (χ2n) is 9.01. The first-order valence-electron chi connectivity index (χ1n) is 10.7. The minimum atomic E-state index is -0.442. The molecule has 172 valence electrons. The fraction of sp³-hybridized carbons (Fsp3) is 0.667. The minimum absolute atomic E-state index is 0.128. The summed E-state index contributed by atoms with van der Waals surface area (Å²) in [6.45, 7) is 15.5. The highest BCUT2D eigenvalue weighted by atomic mass is 35.5. The van der Waals surface area contributed by atoms with Crippen LogP contribution in [0.3, 0.4) is 0 Å². The molecule has 0 aliphatic carbocycles. The molecule has 1 N–H and O–H groups in total. The van der Waals surface area contributed by atoms with Gasteiger partial charge in [-0.25, -0.2) is 4.39 Å². The van der Waals surface area contributed by atoms with Crippen molar-refractivity contribution >= 4 is 11.6 Å². The summed E-state index contributed by atoms with van der Waals surface area (Å²) in [5, 5.41) is 3.50. The molecule has 6 heteroatoms. The van der Waals surface area contributed by atoms with Crippen LogP contribution in [0.25, 0.3) is 0 Å². The number of hydrogen-bond donors (Lipinski definition) is 1. The fourth-order valence-corrected chi connectivity index (χ4v) is 4.33. The van der Waals surface area contributed by atoms with E-state index in [4.69, 9.17) is 21.1 Å². The fourth-order valence-electron chi connectivity index (χ4n) is 4.21. The number of rotatable bonds is 15. The Kier molecular flexibility index (Phi) is 12.1. The van der Waals surface area contributed by atoms with E-state index in [2.05, 4.69) is 44.5 Å². The Hall–Kier alpha value is -0.980. The molecule has 0 radical (unpaired) electrons. The molecule has 0 aliphatic rings. The first-order valence-corrected chi connectivity index (χ1v) is 11.1. The Morgan fingerprint density at radius 2 is 1.93 bits per heavy atom. The van der Waals surface area contributed by atoms with Gasteiger partial charge >= 0.3 is 0 Å². The summed E-state index contributed by atoms with van der Waals surface area (Å²) in [5.74, 6) is 0.235. The van der Waals surface area contributed by atoms with Gasteiger partial charge in [0.25, 0.3) is 0 Å². The molecule has 0 amide bonds. The van der Waals surface area contributed by atoms with Gasteiger partial charge in [0.1, 0.15) is 5.82 Å². The van der Waals surface area contributed by atoms with Crippen molar-refractivity contribution in [1.82, 2.24) is 10.2 Å². The van der Waals surface area contributed by atoms with Gasteiger partial charge < -0.3 is 14.4 Å². The quantitative estimate of drug-likeness (QED) is 0.287. The van der Waals surface area contributed by atoms with Crippen LogP contribution >= 0.6 is 11.6 Å². The molecule has 0 saturated heterocycles. The van der Waals surface area contributed by atoms with Crippen LogP contribution in [-0.4, -0.2) is 51.2 Å². The second kappa shape index (κ2) is 13.4. The number of nitrogens with zero attached hydrogens (tertiary/aromatic N) is 1. The van der Waals surface area contributed by atoms with Crippen molar-refractivity contribution in [1.29, 1.82) is 0 Å². The van der Waals surface area contributed by atoms with Gasteiger partial charge in [-0.2, -0.15) is 0 Å². The Morgan fingerprint density at radius 3 is 2.47 bits per heavy atom. The van der Waals surface area contributed by atoms with Crippen LogP contribution in [0.1, 0.15) is 46.1 Å². The zero-order valence-corrected chi connectivity index (χ0v) is 20.3. The van der Waals surface area contributed by atoms with E-state index in [9.17, 15) is 4.39 Å². The molecule has 0 unspecified atom stereocenters. The normalized spacial score (nSPS) is 15.0. The van der Waals surface area contributed by atoms with Crippen molar-refractivity contribution in [2.45, 2.75) is 59.4 Å². The van der Waals surface area contributed by atoms with Gasteiger partial charge in [-0.05, 0) is 55.2 Å². The summed E-state index contributed by atoms with van der Waals surface area (Å²) in [4.78, 5) is 2.44. The van der Waals surface area contributed by atoms with Crippen molar-refractivity contribution in [3.05, 3.63) is 47.3 Å². The molecule has 0 aliphatic heterocycles. The van der Waals surface area contributed by atoms with Crippen LogP contribution < -0.4 is 5.32 Å². The molecule has 30 heavy (non-hydrogen) atoms. The predicted octanol–water partition coefficient (Wildman–Crippen LogP) is 5.51. The maximum absolute atomic E-state index is 13.9. The summed E-state index contributed by atoms with van der Waals surface area (Å²) in [6.07, 6.45) is 4.40. The summed E-state index contributed by atoms with van der Waals surface area (Å²) in [5.41, 5.74) is 1.08. The number of nitrogens with one attached hydrogen (secondary N) is 1. The molecule has 0 spiro atoms. The molecule has 0 bridgehead atoms. The number of ether oxygens (including phenoxy) is 2. The van der Waals surface area contributed by atoms with Gasteiger partial charge in [-0.1, -0.05) is 44.5 Å². The maximum Gasteiger partial charge on any atom is 0.215 e. The average Bonchev–Trinajstić information content (AvgIpc) is 2.66. The van der Waals surface area contributed by atoms with Crippen molar-refractivity contribution in [2.75, 3.05) is 33.9 Å². The minimum Gasteiger partial charge on any atom is -0.343 e. The zero-order chi connectivity index (χ0) is 22.7. The molecule has 0 aromatic heterocycles. The molecule has 1 rings (SSSR count). The molecule has 0 fully saturated rings. The maximum atomic E-state index is 13.9. The lowest BCUT2D eigenvalue weighted by Crippen LogP contribution is -2.48. The molecule has 2 atom stereocenters. The molecule has 0 heterocycles. The van der Waals surface area contributed by atoms with E-state index in [-0.39, 0.29) is 22.3 Å². The lowest BCUT2D eigenvalue weighted by Gasteiger charge is -2.38. The number of halogens is 2. The SMILES string of the molecule is C=CC[C@@](C)(CC(C)C)CN(CCc1ccc(Cl)c(F)c1)C[C@H](C)NC(OC)OC. The zero-order valence-electron chi connectivity index (χ0n) is 19.5. The molecular weight excluding hydrogens is 403 g/mol. The van der Waals surface area contributed by atoms with Gasteiger partial charge in [-0.15, -0.1) is 6.58 Å². The third-order valence-electron chi connectivity index (χ3n) is 5.23. The summed E-state index contributed by atoms with van der Waals surface area (Å²) in [7, 11) is 3.23. The standard InChI is InChI=1S/C24H40ClFN2O2/c1-8-12-24(5,15-18(2)3)17-28(16-19(4)27-23(29-6)30-7)13-11-20-9-10-21(25)22(26)14-20/h8-10,14,18-19,23,27H,1,11-13,15-17H2,2-7H3/t19-,24-/m0/s1. The van der Waals surface area contributed by atoms with Crippen LogP contribution in [0.15, 0.2) is 30.9 Å². The summed E-state index contributed by atoms with van der Waals surface area (Å²) < 4.78 is 24.4. The van der Waals surface area contributed by atoms with E-state index in [1.807, 2.05) is 12.1 Å². The lowest BCUT2D eigenvalue weighted by atomic mass is 9.78. The summed E-state index contributed by atoms with van der Waals surface area (Å²) >= 11 is 5.83. The van der Waals surface area contributed by atoms with Crippen molar-refractivity contribution in [3.63, 3.8) is 0 Å². The van der Waals surface area contributed by atoms with E-state index in [0.717, 1.165) is 44.5 Å². The number of methoxy groups -OCH3 is 2. The lowest BCUT2D eigenvalue weighted by molar-refractivity contribution is -0.129. The van der Waals surface area contributed by atoms with E-state index in [0.29, 0.717) is 5.92 Å². The smallest absolute Gasteiger partial charge is 0.215 e. The Balaban J connectivity index is 2.92. The first-order chi connectivity index (χ1) is 14.1. The average molecular weight is 443 g/mol. The van der Waals surface area contributed by atoms with E-state index in [1.165, 1.54) is 6.07 Å². The van der Waals surface area contributed by atoms with E-state index < -0.39 is 6.41 Å². The van der Waals surface area contributed by atoms with Gasteiger partial charge in [0.05, 0.1) is 5.02 Å². The summed E-state index contributed by atoms with van der Waals surface area (Å²) in [6, 6.07) is 5.21. The second-order valence-corrected chi connectivity index (χ2v) is 9.41. The number of allylic oxidation sites excluding steroid dienone is 1. The Morgan fingerprint density at radius 1 is 1.27 bits per heavy atom.